The van der Waals surface area contributed by atoms with Crippen molar-refractivity contribution < 1.29 is 15.0 Å². The van der Waals surface area contributed by atoms with Crippen molar-refractivity contribution in [3.8, 4) is 0 Å². The molecule has 0 aliphatic carbocycles. The van der Waals surface area contributed by atoms with Gasteiger partial charge in [-0.3, -0.25) is 4.79 Å². The highest BCUT2D eigenvalue weighted by molar-refractivity contribution is 6.77. The molecule has 0 heterocycles. The highest BCUT2D eigenvalue weighted by Gasteiger charge is 2.29. The zero-order valence-electron chi connectivity index (χ0n) is 16.5. The first-order chi connectivity index (χ1) is 11.3. The Hall–Kier alpha value is -0.393. The second-order valence-corrected chi connectivity index (χ2v) is 13.5. The third kappa shape index (κ3) is 11.2. The number of rotatable bonds is 15. The van der Waals surface area contributed by atoms with Crippen molar-refractivity contribution in [3.05, 3.63) is 0 Å². The van der Waals surface area contributed by atoms with Crippen LogP contribution in [0.4, 0.5) is 0 Å². The maximum Gasteiger partial charge on any atom is 0.217 e. The van der Waals surface area contributed by atoms with E-state index in [1.807, 2.05) is 0 Å². The van der Waals surface area contributed by atoms with Crippen molar-refractivity contribution in [2.75, 3.05) is 13.2 Å². The number of hydrogen-bond donors (Lipinski definition) is 3. The zero-order valence-corrected chi connectivity index (χ0v) is 17.5. The Balaban J connectivity index is 3.99. The van der Waals surface area contributed by atoms with Gasteiger partial charge in [0.15, 0.2) is 0 Å². The summed E-state index contributed by atoms with van der Waals surface area (Å²) in [5.74, 6) is -0.198. The molecule has 0 atom stereocenters. The molecule has 0 aliphatic heterocycles. The van der Waals surface area contributed by atoms with Crippen molar-refractivity contribution >= 4 is 14.0 Å². The number of unbranched alkanes of at least 4 members (excludes halogenated alkanes) is 6. The lowest BCUT2D eigenvalue weighted by Crippen LogP contribution is -2.53. The quantitative estimate of drug-likeness (QED) is 0.305. The van der Waals surface area contributed by atoms with E-state index in [0.29, 0.717) is 6.42 Å². The average Bonchev–Trinajstić information content (AvgIpc) is 2.53. The molecule has 0 aromatic heterocycles. The van der Waals surface area contributed by atoms with Crippen molar-refractivity contribution in [2.24, 2.45) is 0 Å². The number of carbonyl (C=O) groups is 1. The molecule has 0 spiro atoms. The minimum atomic E-state index is -1.13. The summed E-state index contributed by atoms with van der Waals surface area (Å²) in [7, 11) is -1.13. The Morgan fingerprint density at radius 1 is 0.917 bits per heavy atom. The van der Waals surface area contributed by atoms with E-state index in [1.54, 1.807) is 0 Å². The molecule has 0 aliphatic rings. The molecule has 1 amide bonds. The van der Waals surface area contributed by atoms with Gasteiger partial charge in [0.25, 0.3) is 0 Å². The van der Waals surface area contributed by atoms with Crippen LogP contribution in [-0.4, -0.2) is 42.9 Å². The molecule has 4 nitrogen and oxygen atoms in total. The van der Waals surface area contributed by atoms with Gasteiger partial charge in [-0.1, -0.05) is 83.5 Å². The van der Waals surface area contributed by atoms with Crippen LogP contribution in [0.3, 0.4) is 0 Å². The second kappa shape index (κ2) is 12.9. The number of hydrogen-bond acceptors (Lipinski definition) is 3. The number of carbonyl (C=O) groups excluding carboxylic acids is 1. The molecule has 24 heavy (non-hydrogen) atoms. The summed E-state index contributed by atoms with van der Waals surface area (Å²) >= 11 is 0. The molecule has 0 saturated carbocycles. The SMILES string of the molecule is CCCCCCCC[Si](C)(C)CCCCC(CO)(CO)NC(C)=O. The maximum absolute atomic E-state index is 11.3. The standard InChI is InChI=1S/C19H41NO3Si/c1-5-6-7-8-9-11-14-24(3,4)15-12-10-13-19(16-21,17-22)20-18(2)23/h21-22H,5-17H2,1-4H3,(H,20,23). The normalized spacial score (nSPS) is 12.4. The first-order valence-corrected chi connectivity index (χ1v) is 13.2. The lowest BCUT2D eigenvalue weighted by Gasteiger charge is -2.31. The number of aliphatic hydroxyl groups excluding tert-OH is 2. The molecule has 144 valence electrons. The third-order valence-corrected chi connectivity index (χ3v) is 8.43. The van der Waals surface area contributed by atoms with Gasteiger partial charge >= 0.3 is 0 Å². The van der Waals surface area contributed by atoms with Crippen LogP contribution in [-0.2, 0) is 4.79 Å². The summed E-state index contributed by atoms with van der Waals surface area (Å²) in [4.78, 5) is 11.3. The van der Waals surface area contributed by atoms with E-state index >= 15 is 0 Å². The summed E-state index contributed by atoms with van der Waals surface area (Å²) in [6, 6.07) is 2.69. The zero-order chi connectivity index (χ0) is 18.5. The smallest absolute Gasteiger partial charge is 0.217 e. The predicted octanol–water partition coefficient (Wildman–Crippen LogP) is 4.09. The molecule has 0 unspecified atom stereocenters. The monoisotopic (exact) mass is 359 g/mol. The van der Waals surface area contributed by atoms with Crippen LogP contribution >= 0.6 is 0 Å². The molecule has 3 N–H and O–H groups in total. The summed E-state index contributed by atoms with van der Waals surface area (Å²) < 4.78 is 0. The molecular weight excluding hydrogens is 318 g/mol. The van der Waals surface area contributed by atoms with E-state index in [0.717, 1.165) is 12.8 Å². The molecule has 0 fully saturated rings. The van der Waals surface area contributed by atoms with Crippen molar-refractivity contribution in [1.29, 1.82) is 0 Å². The van der Waals surface area contributed by atoms with Crippen molar-refractivity contribution in [3.63, 3.8) is 0 Å². The fourth-order valence-electron chi connectivity index (χ4n) is 3.30. The van der Waals surface area contributed by atoms with Crippen LogP contribution < -0.4 is 5.32 Å². The van der Waals surface area contributed by atoms with Crippen molar-refractivity contribution in [2.45, 2.75) is 102 Å². The molecule has 0 radical (unpaired) electrons. The number of nitrogens with one attached hydrogen (secondary N) is 1. The molecule has 0 aromatic carbocycles. The fourth-order valence-corrected chi connectivity index (χ4v) is 5.96. The van der Waals surface area contributed by atoms with Crippen LogP contribution in [0.1, 0.15) is 71.6 Å². The van der Waals surface area contributed by atoms with E-state index in [1.165, 1.54) is 57.5 Å². The predicted molar refractivity (Wildman–Crippen MR) is 105 cm³/mol. The lowest BCUT2D eigenvalue weighted by molar-refractivity contribution is -0.122. The van der Waals surface area contributed by atoms with Gasteiger partial charge in [0.2, 0.25) is 5.91 Å². The minimum absolute atomic E-state index is 0.198. The Morgan fingerprint density at radius 3 is 1.92 bits per heavy atom. The van der Waals surface area contributed by atoms with Gasteiger partial charge in [0.05, 0.1) is 18.8 Å². The average molecular weight is 360 g/mol. The largest absolute Gasteiger partial charge is 0.394 e. The van der Waals surface area contributed by atoms with Gasteiger partial charge in [-0.2, -0.15) is 0 Å². The Kier molecular flexibility index (Phi) is 12.7. The molecule has 5 heteroatoms. The first-order valence-electron chi connectivity index (χ1n) is 9.81. The van der Waals surface area contributed by atoms with E-state index in [9.17, 15) is 15.0 Å². The van der Waals surface area contributed by atoms with Crippen LogP contribution in [0.2, 0.25) is 25.2 Å². The molecule has 0 rings (SSSR count). The topological polar surface area (TPSA) is 69.6 Å². The molecule has 0 bridgehead atoms. The van der Waals surface area contributed by atoms with E-state index in [4.69, 9.17) is 0 Å². The summed E-state index contributed by atoms with van der Waals surface area (Å²) in [6.07, 6.45) is 10.9. The van der Waals surface area contributed by atoms with E-state index in [-0.39, 0.29) is 19.1 Å². The maximum atomic E-state index is 11.3. The van der Waals surface area contributed by atoms with Gasteiger partial charge in [-0.15, -0.1) is 0 Å². The number of amides is 1. The highest BCUT2D eigenvalue weighted by Crippen LogP contribution is 2.24. The van der Waals surface area contributed by atoms with Crippen LogP contribution in [0.5, 0.6) is 0 Å². The third-order valence-electron chi connectivity index (χ3n) is 5.01. The van der Waals surface area contributed by atoms with Gasteiger partial charge < -0.3 is 15.5 Å². The Morgan fingerprint density at radius 2 is 1.42 bits per heavy atom. The highest BCUT2D eigenvalue weighted by atomic mass is 28.3. The van der Waals surface area contributed by atoms with Crippen LogP contribution in [0.25, 0.3) is 0 Å². The van der Waals surface area contributed by atoms with Gasteiger partial charge in [-0.25, -0.2) is 0 Å². The first kappa shape index (κ1) is 23.6. The molecular formula is C19H41NO3Si. The van der Waals surface area contributed by atoms with Gasteiger partial charge in [0, 0.05) is 15.0 Å². The number of aliphatic hydroxyl groups is 2. The fraction of sp³-hybridized carbons (Fsp3) is 0.947. The summed E-state index contributed by atoms with van der Waals surface area (Å²) in [6.45, 7) is 8.21. The summed E-state index contributed by atoms with van der Waals surface area (Å²) in [5.41, 5.74) is -0.850. The minimum Gasteiger partial charge on any atom is -0.394 e. The van der Waals surface area contributed by atoms with Crippen LogP contribution in [0, 0.1) is 0 Å². The van der Waals surface area contributed by atoms with Crippen LogP contribution in [0.15, 0.2) is 0 Å². The molecule has 0 aromatic rings. The lowest BCUT2D eigenvalue weighted by atomic mass is 9.94. The van der Waals surface area contributed by atoms with E-state index < -0.39 is 13.6 Å². The molecule has 0 saturated heterocycles. The van der Waals surface area contributed by atoms with E-state index in [2.05, 4.69) is 25.3 Å². The Bertz CT molecular complexity index is 331. The van der Waals surface area contributed by atoms with Gasteiger partial charge in [-0.05, 0) is 6.42 Å². The van der Waals surface area contributed by atoms with Gasteiger partial charge in [0.1, 0.15) is 0 Å². The second-order valence-electron chi connectivity index (χ2n) is 8.17. The summed E-state index contributed by atoms with van der Waals surface area (Å²) in [5, 5.41) is 21.8. The van der Waals surface area contributed by atoms with Crippen molar-refractivity contribution in [1.82, 2.24) is 5.32 Å². The Labute approximate surface area is 150 Å².